The highest BCUT2D eigenvalue weighted by Gasteiger charge is 2.60. The van der Waals surface area contributed by atoms with Gasteiger partial charge in [0.15, 0.2) is 0 Å². The Morgan fingerprint density at radius 1 is 0.868 bits per heavy atom. The Hall–Kier alpha value is -3.15. The lowest BCUT2D eigenvalue weighted by atomic mass is 9.74. The summed E-state index contributed by atoms with van der Waals surface area (Å²) in [6, 6.07) is 32.3. The van der Waals surface area contributed by atoms with Crippen LogP contribution in [0.4, 0.5) is 4.79 Å². The molecule has 200 valence electrons. The summed E-state index contributed by atoms with van der Waals surface area (Å²) in [4.78, 5) is 18.3. The summed E-state index contributed by atoms with van der Waals surface area (Å²) in [5.41, 5.74) is 2.02. The predicted octanol–water partition coefficient (Wildman–Crippen LogP) is 6.47. The lowest BCUT2D eigenvalue weighted by molar-refractivity contribution is -0.0976. The molecule has 2 saturated heterocycles. The third-order valence-corrected chi connectivity index (χ3v) is 8.40. The van der Waals surface area contributed by atoms with Gasteiger partial charge in [0, 0.05) is 26.2 Å². The summed E-state index contributed by atoms with van der Waals surface area (Å²) >= 11 is 0. The number of hydrogen-bond acceptors (Lipinski definition) is 4. The smallest absolute Gasteiger partial charge is 0.411 e. The number of carbonyl (C=O) groups excluding carboxylic acids is 1. The zero-order valence-electron chi connectivity index (χ0n) is 23.3. The van der Waals surface area contributed by atoms with Crippen LogP contribution < -0.4 is 0 Å². The minimum Gasteiger partial charge on any atom is -0.444 e. The molecule has 0 saturated carbocycles. The van der Waals surface area contributed by atoms with Gasteiger partial charge in [-0.15, -0.1) is 0 Å². The molecule has 1 amide bonds. The molecule has 38 heavy (non-hydrogen) atoms. The minimum absolute atomic E-state index is 0.0201. The molecule has 2 heterocycles. The van der Waals surface area contributed by atoms with E-state index in [4.69, 9.17) is 9.47 Å². The van der Waals surface area contributed by atoms with Crippen LogP contribution in [0.5, 0.6) is 0 Å². The summed E-state index contributed by atoms with van der Waals surface area (Å²) in [7, 11) is 1.75. The molecule has 2 fully saturated rings. The fraction of sp³-hybridized carbons (Fsp3) is 0.424. The second-order valence-electron chi connectivity index (χ2n) is 11.7. The van der Waals surface area contributed by atoms with Crippen molar-refractivity contribution in [3.63, 3.8) is 0 Å². The number of fused-ring (bicyclic) bond motifs is 2. The van der Waals surface area contributed by atoms with Crippen molar-refractivity contribution in [2.75, 3.05) is 20.2 Å². The third-order valence-electron chi connectivity index (χ3n) is 8.40. The summed E-state index contributed by atoms with van der Waals surface area (Å²) in [5, 5.41) is 0. The van der Waals surface area contributed by atoms with Crippen molar-refractivity contribution in [1.29, 1.82) is 0 Å². The number of hydrogen-bond donors (Lipinski definition) is 0. The van der Waals surface area contributed by atoms with Gasteiger partial charge in [0.1, 0.15) is 5.60 Å². The molecule has 0 aromatic heterocycles. The Morgan fingerprint density at radius 3 is 1.76 bits per heavy atom. The highest BCUT2D eigenvalue weighted by Crippen LogP contribution is 2.50. The average Bonchev–Trinajstić information content (AvgIpc) is 3.17. The fourth-order valence-electron chi connectivity index (χ4n) is 6.74. The van der Waals surface area contributed by atoms with E-state index in [9.17, 15) is 4.79 Å². The van der Waals surface area contributed by atoms with Crippen molar-refractivity contribution in [3.8, 4) is 0 Å². The van der Waals surface area contributed by atoms with Crippen LogP contribution >= 0.6 is 0 Å². The Labute approximate surface area is 227 Å². The highest BCUT2D eigenvalue weighted by molar-refractivity contribution is 5.71. The second-order valence-corrected chi connectivity index (χ2v) is 11.7. The maximum atomic E-state index is 13.7. The normalized spacial score (nSPS) is 22.8. The minimum atomic E-state index is -0.562. The highest BCUT2D eigenvalue weighted by atomic mass is 16.6. The number of carbonyl (C=O) groups is 1. The number of nitrogens with zero attached hydrogens (tertiary/aromatic N) is 2. The first-order valence-corrected chi connectivity index (χ1v) is 13.7. The number of ether oxygens (including phenoxy) is 2. The molecule has 0 N–H and O–H groups in total. The molecule has 3 unspecified atom stereocenters. The summed E-state index contributed by atoms with van der Waals surface area (Å²) in [6.07, 6.45) is 1.38. The van der Waals surface area contributed by atoms with Crippen LogP contribution in [0.2, 0.25) is 0 Å². The molecule has 5 nitrogen and oxygen atoms in total. The molecular formula is C33H40N2O3. The van der Waals surface area contributed by atoms with Crippen LogP contribution in [-0.4, -0.2) is 59.4 Å². The van der Waals surface area contributed by atoms with E-state index in [1.54, 1.807) is 7.11 Å². The lowest BCUT2D eigenvalue weighted by Crippen LogP contribution is -2.71. The van der Waals surface area contributed by atoms with E-state index in [1.165, 1.54) is 16.7 Å². The quantitative estimate of drug-likeness (QED) is 0.355. The van der Waals surface area contributed by atoms with E-state index >= 15 is 0 Å². The zero-order chi connectivity index (χ0) is 27.0. The molecule has 3 aromatic rings. The van der Waals surface area contributed by atoms with Crippen molar-refractivity contribution in [2.45, 2.75) is 69.4 Å². The van der Waals surface area contributed by atoms with Crippen molar-refractivity contribution in [1.82, 2.24) is 9.80 Å². The number of methoxy groups -OCH3 is 1. The molecule has 0 radical (unpaired) electrons. The van der Waals surface area contributed by atoms with Crippen LogP contribution in [0.25, 0.3) is 0 Å². The molecule has 5 rings (SSSR count). The Morgan fingerprint density at radius 2 is 1.34 bits per heavy atom. The summed E-state index contributed by atoms with van der Waals surface area (Å²) in [5.74, 6) is 0. The predicted molar refractivity (Wildman–Crippen MR) is 151 cm³/mol. The Kier molecular flexibility index (Phi) is 7.10. The molecule has 5 heteroatoms. The van der Waals surface area contributed by atoms with Gasteiger partial charge in [-0.3, -0.25) is 9.80 Å². The van der Waals surface area contributed by atoms with Crippen LogP contribution in [-0.2, 0) is 15.0 Å². The maximum Gasteiger partial charge on any atom is 0.411 e. The van der Waals surface area contributed by atoms with Gasteiger partial charge in [0.2, 0.25) is 0 Å². The monoisotopic (exact) mass is 512 g/mol. The lowest BCUT2D eigenvalue weighted by Gasteiger charge is -2.56. The van der Waals surface area contributed by atoms with Crippen molar-refractivity contribution < 1.29 is 14.3 Å². The number of piperazine rings is 1. The summed E-state index contributed by atoms with van der Waals surface area (Å²) in [6.45, 7) is 9.28. The van der Waals surface area contributed by atoms with Gasteiger partial charge in [-0.05, 0) is 57.2 Å². The molecule has 2 aliphatic rings. The van der Waals surface area contributed by atoms with Crippen LogP contribution in [0.15, 0.2) is 91.0 Å². The van der Waals surface area contributed by atoms with Crippen LogP contribution in [0.3, 0.4) is 0 Å². The SMILES string of the molecule is COC(C)C12CCC(CN(C(c3ccccc3)(c3ccccc3)c3ccccc3)C1)N2C(=O)OC(C)(C)C. The van der Waals surface area contributed by atoms with E-state index in [2.05, 4.69) is 103 Å². The second kappa shape index (κ2) is 10.2. The van der Waals surface area contributed by atoms with Gasteiger partial charge < -0.3 is 9.47 Å². The number of likely N-dealkylation sites (tertiary alicyclic amines) is 1. The molecule has 2 bridgehead atoms. The van der Waals surface area contributed by atoms with E-state index in [-0.39, 0.29) is 18.2 Å². The molecule has 0 aliphatic carbocycles. The topological polar surface area (TPSA) is 42.0 Å². The van der Waals surface area contributed by atoms with Gasteiger partial charge in [0.25, 0.3) is 0 Å². The van der Waals surface area contributed by atoms with Crippen LogP contribution in [0.1, 0.15) is 57.2 Å². The first-order valence-electron chi connectivity index (χ1n) is 13.7. The van der Waals surface area contributed by atoms with E-state index in [1.807, 2.05) is 25.7 Å². The zero-order valence-corrected chi connectivity index (χ0v) is 23.3. The largest absolute Gasteiger partial charge is 0.444 e. The van der Waals surface area contributed by atoms with Gasteiger partial charge in [-0.2, -0.15) is 0 Å². The van der Waals surface area contributed by atoms with Gasteiger partial charge >= 0.3 is 6.09 Å². The molecule has 3 aromatic carbocycles. The molecule has 2 aliphatic heterocycles. The first-order chi connectivity index (χ1) is 18.2. The van der Waals surface area contributed by atoms with Crippen molar-refractivity contribution in [2.24, 2.45) is 0 Å². The van der Waals surface area contributed by atoms with E-state index < -0.39 is 16.7 Å². The van der Waals surface area contributed by atoms with Gasteiger partial charge in [0.05, 0.1) is 17.2 Å². The van der Waals surface area contributed by atoms with Crippen LogP contribution in [0, 0.1) is 0 Å². The fourth-order valence-corrected chi connectivity index (χ4v) is 6.74. The van der Waals surface area contributed by atoms with E-state index in [0.717, 1.165) is 19.4 Å². The van der Waals surface area contributed by atoms with Crippen molar-refractivity contribution in [3.05, 3.63) is 108 Å². The Bertz CT molecular complexity index is 1130. The third kappa shape index (κ3) is 4.42. The first kappa shape index (κ1) is 26.5. The van der Waals surface area contributed by atoms with E-state index in [0.29, 0.717) is 6.54 Å². The average molecular weight is 513 g/mol. The number of amides is 1. The Balaban J connectivity index is 1.71. The van der Waals surface area contributed by atoms with Gasteiger partial charge in [-0.1, -0.05) is 91.0 Å². The number of benzene rings is 3. The standard InChI is InChI=1S/C33H40N2O3/c1-25(37-5)32-22-21-29(35(32)30(36)38-31(2,3)4)23-34(24-32)33(26-15-9-6-10-16-26,27-17-11-7-12-18-27)28-19-13-8-14-20-28/h6-20,25,29H,21-24H2,1-5H3. The number of rotatable bonds is 6. The maximum absolute atomic E-state index is 13.7. The van der Waals surface area contributed by atoms with Crippen molar-refractivity contribution >= 4 is 6.09 Å². The molecule has 0 spiro atoms. The van der Waals surface area contributed by atoms with Gasteiger partial charge in [-0.25, -0.2) is 4.79 Å². The molecule has 3 atom stereocenters. The summed E-state index contributed by atoms with van der Waals surface area (Å²) < 4.78 is 12.0. The molecular weight excluding hydrogens is 472 g/mol.